The number of hydrogen-bond donors (Lipinski definition) is 0. The summed E-state index contributed by atoms with van der Waals surface area (Å²) in [7, 11) is 1.82. The van der Waals surface area contributed by atoms with E-state index in [1.165, 1.54) is 5.56 Å². The number of hydrogen-bond acceptors (Lipinski definition) is 12. The molecule has 0 aromatic heterocycles. The third-order valence-corrected chi connectivity index (χ3v) is 13.5. The van der Waals surface area contributed by atoms with Crippen molar-refractivity contribution in [1.82, 2.24) is 0 Å². The fourth-order valence-electron chi connectivity index (χ4n) is 6.75. The molecule has 0 N–H and O–H groups in total. The third kappa shape index (κ3) is 14.2. The van der Waals surface area contributed by atoms with Gasteiger partial charge in [-0.3, -0.25) is 0 Å². The van der Waals surface area contributed by atoms with Crippen LogP contribution in [0.15, 0.2) is 102 Å². The van der Waals surface area contributed by atoms with Gasteiger partial charge < -0.3 is 56.3 Å². The van der Waals surface area contributed by atoms with Crippen LogP contribution in [-0.2, 0) is 59.7 Å². The minimum absolute atomic E-state index is 0.279. The van der Waals surface area contributed by atoms with E-state index < -0.39 is 32.3 Å². The van der Waals surface area contributed by atoms with Crippen molar-refractivity contribution in [2.75, 3.05) is 41.0 Å². The Labute approximate surface area is 403 Å². The molecule has 7 rings (SSSR count). The van der Waals surface area contributed by atoms with Crippen LogP contribution in [-0.4, -0.2) is 95.8 Å². The summed E-state index contributed by atoms with van der Waals surface area (Å²) in [6, 6.07) is 31.4. The van der Waals surface area contributed by atoms with Crippen LogP contribution in [0.25, 0.3) is 0 Å². The van der Waals surface area contributed by atoms with E-state index in [1.807, 2.05) is 146 Å². The van der Waals surface area contributed by atoms with Gasteiger partial charge in [-0.2, -0.15) is 0 Å². The van der Waals surface area contributed by atoms with Crippen molar-refractivity contribution >= 4 is 42.5 Å². The van der Waals surface area contributed by atoms with Crippen molar-refractivity contribution in [3.05, 3.63) is 113 Å². The molecule has 0 aliphatic carbocycles. The lowest BCUT2D eigenvalue weighted by Crippen LogP contribution is -2.41. The zero-order valence-electron chi connectivity index (χ0n) is 41.5. The summed E-state index contributed by atoms with van der Waals surface area (Å²) in [6.07, 6.45) is 1.56. The largest absolute Gasteiger partial charge is 0.495 e. The number of benzene rings is 4. The van der Waals surface area contributed by atoms with E-state index in [2.05, 4.69) is 49.7 Å². The minimum atomic E-state index is -0.476. The molecule has 3 heterocycles. The van der Waals surface area contributed by atoms with E-state index in [0.29, 0.717) is 20.0 Å². The van der Waals surface area contributed by atoms with Gasteiger partial charge in [0.25, 0.3) is 0 Å². The maximum atomic E-state index is 6.28. The Morgan fingerprint density at radius 2 is 0.803 bits per heavy atom. The van der Waals surface area contributed by atoms with Crippen LogP contribution in [0.3, 0.4) is 0 Å². The first-order chi connectivity index (χ1) is 31.0. The number of rotatable bonds is 16. The number of para-hydroxylation sites is 2. The summed E-state index contributed by atoms with van der Waals surface area (Å²) in [4.78, 5) is 0. The first-order valence-corrected chi connectivity index (χ1v) is 23.4. The molecular weight excluding hydrogens is 905 g/mol. The molecule has 0 atom stereocenters. The fraction of sp³-hybridized carbons (Fsp3) is 0.520. The van der Waals surface area contributed by atoms with Crippen LogP contribution in [0.1, 0.15) is 94.2 Å². The first-order valence-electron chi connectivity index (χ1n) is 22.6. The zero-order valence-corrected chi connectivity index (χ0v) is 43.1. The predicted molar refractivity (Wildman–Crippen MR) is 265 cm³/mol. The molecule has 0 spiro atoms. The van der Waals surface area contributed by atoms with Crippen molar-refractivity contribution in [2.24, 2.45) is 0 Å². The standard InChI is InChI=1S/C22H29BO5.C16H17BrO3.C12H24B2O4/c1-21(2)22(3,4)28-23(27-21)20-15-19(26-18-9-7-6-8-10-18)12-11-17(20)13-14-25-16-24-5;1-18-12-19-10-9-13-7-8-15(11-16(13)17)20-14-5-3-2-4-6-14;1-9(2)10(3,4)16-13(15-9)14-17-11(5,6)12(7,8)18-14/h6-12,15H,13-14,16H2,1-5H3;2-8,11H,9-10,12H2,1H3;1-8H3. The van der Waals surface area contributed by atoms with Gasteiger partial charge in [-0.15, -0.1) is 0 Å². The van der Waals surface area contributed by atoms with Gasteiger partial charge in [-0.25, -0.2) is 0 Å². The van der Waals surface area contributed by atoms with Crippen LogP contribution in [0.4, 0.5) is 0 Å². The second kappa shape index (κ2) is 22.9. The summed E-state index contributed by atoms with van der Waals surface area (Å²) in [5, 5.41) is 0. The van der Waals surface area contributed by atoms with Gasteiger partial charge in [0.15, 0.2) is 0 Å². The first kappa shape index (κ1) is 53.7. The maximum absolute atomic E-state index is 6.28. The summed E-state index contributed by atoms with van der Waals surface area (Å²) in [6.45, 7) is 26.2. The molecule has 0 amide bonds. The van der Waals surface area contributed by atoms with Gasteiger partial charge in [0.2, 0.25) is 0 Å². The highest BCUT2D eigenvalue weighted by Gasteiger charge is 2.63. The van der Waals surface area contributed by atoms with Crippen molar-refractivity contribution in [3.63, 3.8) is 0 Å². The molecule has 3 saturated heterocycles. The Bertz CT molecular complexity index is 2040. The smallest absolute Gasteiger partial charge is 0.457 e. The SMILES string of the molecule is CC1(C)OB(B2OC(C)(C)C(C)(C)O2)OC1(C)C.COCOCCc1ccc(Oc2ccccc2)cc1B1OC(C)(C)C(C)(C)O1.COCOCCc1ccc(Oc2ccccc2)cc1Br. The van der Waals surface area contributed by atoms with Gasteiger partial charge in [0, 0.05) is 18.7 Å². The average Bonchev–Trinajstić information content (AvgIpc) is 3.72. The molecule has 4 aromatic rings. The summed E-state index contributed by atoms with van der Waals surface area (Å²) in [5.74, 6) is 3.18. The highest BCUT2D eigenvalue weighted by atomic mass is 79.9. The van der Waals surface area contributed by atoms with Gasteiger partial charge >= 0.3 is 21.1 Å². The lowest BCUT2D eigenvalue weighted by Gasteiger charge is -2.32. The van der Waals surface area contributed by atoms with Crippen molar-refractivity contribution in [2.45, 2.75) is 130 Å². The molecular formula is C50H70B3BrO12. The number of methoxy groups -OCH3 is 2. The molecule has 0 unspecified atom stereocenters. The fourth-order valence-corrected chi connectivity index (χ4v) is 7.30. The van der Waals surface area contributed by atoms with Gasteiger partial charge in [-0.05, 0) is 161 Å². The summed E-state index contributed by atoms with van der Waals surface area (Å²) >= 11 is 3.56. The Kier molecular flexibility index (Phi) is 18.6. The monoisotopic (exact) mass is 974 g/mol. The molecule has 0 radical (unpaired) electrons. The molecule has 4 aromatic carbocycles. The van der Waals surface area contributed by atoms with E-state index in [-0.39, 0.29) is 29.2 Å². The van der Waals surface area contributed by atoms with E-state index in [1.54, 1.807) is 14.2 Å². The van der Waals surface area contributed by atoms with Crippen molar-refractivity contribution in [1.29, 1.82) is 0 Å². The Hall–Kier alpha value is -3.25. The third-order valence-electron chi connectivity index (χ3n) is 12.8. The van der Waals surface area contributed by atoms with E-state index in [0.717, 1.165) is 51.3 Å². The number of ether oxygens (including phenoxy) is 6. The van der Waals surface area contributed by atoms with Crippen LogP contribution in [0.2, 0.25) is 0 Å². The van der Waals surface area contributed by atoms with Crippen LogP contribution in [0.5, 0.6) is 23.0 Å². The maximum Gasteiger partial charge on any atom is 0.495 e. The van der Waals surface area contributed by atoms with Crippen LogP contribution < -0.4 is 14.9 Å². The molecule has 66 heavy (non-hydrogen) atoms. The van der Waals surface area contributed by atoms with E-state index >= 15 is 0 Å². The average molecular weight is 975 g/mol. The topological polar surface area (TPSA) is 111 Å². The second-order valence-electron chi connectivity index (χ2n) is 19.4. The van der Waals surface area contributed by atoms with Crippen molar-refractivity contribution in [3.8, 4) is 23.0 Å². The van der Waals surface area contributed by atoms with Crippen LogP contribution in [0, 0.1) is 0 Å². The highest BCUT2D eigenvalue weighted by Crippen LogP contribution is 2.43. The molecule has 16 heteroatoms. The Balaban J connectivity index is 0.000000192. The number of halogens is 1. The predicted octanol–water partition coefficient (Wildman–Crippen LogP) is 10.6. The van der Waals surface area contributed by atoms with Gasteiger partial charge in [-0.1, -0.05) is 64.5 Å². The lowest BCUT2D eigenvalue weighted by molar-refractivity contribution is -0.0293. The molecule has 12 nitrogen and oxygen atoms in total. The molecule has 3 aliphatic rings. The van der Waals surface area contributed by atoms with Crippen molar-refractivity contribution < 1.29 is 56.3 Å². The molecule has 3 fully saturated rings. The molecule has 358 valence electrons. The molecule has 0 bridgehead atoms. The lowest BCUT2D eigenvalue weighted by atomic mass is 9.49. The van der Waals surface area contributed by atoms with Crippen LogP contribution >= 0.6 is 15.9 Å². The summed E-state index contributed by atoms with van der Waals surface area (Å²) < 4.78 is 69.8. The van der Waals surface area contributed by atoms with Gasteiger partial charge in [0.05, 0.1) is 46.8 Å². The second-order valence-corrected chi connectivity index (χ2v) is 20.3. The van der Waals surface area contributed by atoms with E-state index in [9.17, 15) is 0 Å². The highest BCUT2D eigenvalue weighted by molar-refractivity contribution is 9.10. The Morgan fingerprint density at radius 1 is 0.439 bits per heavy atom. The zero-order chi connectivity index (χ0) is 48.4. The molecule has 0 saturated carbocycles. The normalized spacial score (nSPS) is 19.4. The molecule has 3 aliphatic heterocycles. The Morgan fingerprint density at radius 3 is 1.20 bits per heavy atom. The quantitative estimate of drug-likeness (QED) is 0.0606. The summed E-state index contributed by atoms with van der Waals surface area (Å²) in [5.41, 5.74) is 1.00. The minimum Gasteiger partial charge on any atom is -0.457 e. The van der Waals surface area contributed by atoms with E-state index in [4.69, 9.17) is 56.3 Å². The van der Waals surface area contributed by atoms with Gasteiger partial charge in [0.1, 0.15) is 36.6 Å².